The molecule has 3 aromatic rings. The number of amides is 1. The fourth-order valence-electron chi connectivity index (χ4n) is 4.01. The molecule has 1 aromatic heterocycles. The van der Waals surface area contributed by atoms with Gasteiger partial charge >= 0.3 is 18.3 Å². The molecule has 0 saturated carbocycles. The molecule has 3 rings (SSSR count). The fraction of sp³-hybridized carbons (Fsp3) is 0.419. The van der Waals surface area contributed by atoms with Crippen LogP contribution in [0.3, 0.4) is 0 Å². The van der Waals surface area contributed by atoms with Crippen molar-refractivity contribution in [2.45, 2.75) is 70.4 Å². The monoisotopic (exact) mass is 742 g/mol. The molecule has 0 aliphatic rings. The molecule has 278 valence electrons. The molecule has 0 radical (unpaired) electrons. The standard InChI is InChI=1S/C31H37F3N6O10S/c1-7-47-29(43)49-21(3)50-37-40(44)38(6)30(4,5)19-48-28(42)17-16-27(41)36-51(45,46)24-14-12-23(13-15-24)39-25(18-26(35-39)31(32,33)34)22-10-8-20(2)9-11-22/h8-15,18,21H,7,16-17,19H2,1-6H3,(H,36,41). The maximum atomic E-state index is 13.5. The molecule has 1 atom stereocenters. The molecule has 16 nitrogen and oxygen atoms in total. The lowest BCUT2D eigenvalue weighted by molar-refractivity contribution is -0.722. The van der Waals surface area contributed by atoms with Crippen LogP contribution in [0.2, 0.25) is 0 Å². The van der Waals surface area contributed by atoms with Crippen molar-refractivity contribution in [2.75, 3.05) is 20.3 Å². The zero-order valence-electron chi connectivity index (χ0n) is 28.5. The number of sulfonamides is 1. The van der Waals surface area contributed by atoms with Crippen molar-refractivity contribution in [3.8, 4) is 16.9 Å². The fourth-order valence-corrected chi connectivity index (χ4v) is 5.03. The lowest BCUT2D eigenvalue weighted by Gasteiger charge is -2.30. The van der Waals surface area contributed by atoms with Crippen molar-refractivity contribution in [2.24, 2.45) is 5.28 Å². The summed E-state index contributed by atoms with van der Waals surface area (Å²) in [5, 5.41) is 20.3. The average Bonchev–Trinajstić information content (AvgIpc) is 3.52. The molecular weight excluding hydrogens is 705 g/mol. The minimum Gasteiger partial charge on any atom is -0.569 e. The minimum absolute atomic E-state index is 0.0292. The molecular formula is C31H37F3N6O10S. The second kappa shape index (κ2) is 16.5. The molecule has 0 saturated heterocycles. The summed E-state index contributed by atoms with van der Waals surface area (Å²) in [5.74, 6) is -1.91. The van der Waals surface area contributed by atoms with Crippen LogP contribution in [0.1, 0.15) is 51.8 Å². The number of hydrogen-bond donors (Lipinski definition) is 1. The van der Waals surface area contributed by atoms with Gasteiger partial charge in [0, 0.05) is 18.9 Å². The number of nitrogens with zero attached hydrogens (tertiary/aromatic N) is 5. The lowest BCUT2D eigenvalue weighted by Crippen LogP contribution is -2.49. The molecule has 0 aliphatic carbocycles. The van der Waals surface area contributed by atoms with Gasteiger partial charge in [-0.25, -0.2) is 22.6 Å². The highest BCUT2D eigenvalue weighted by Gasteiger charge is 2.36. The van der Waals surface area contributed by atoms with Crippen molar-refractivity contribution in [1.82, 2.24) is 19.5 Å². The number of likely N-dealkylation sites (N-methyl/N-ethyl adjacent to an activating group) is 1. The first kappa shape index (κ1) is 40.0. The summed E-state index contributed by atoms with van der Waals surface area (Å²) in [4.78, 5) is 40.5. The molecule has 1 heterocycles. The van der Waals surface area contributed by atoms with E-state index >= 15 is 0 Å². The van der Waals surface area contributed by atoms with Gasteiger partial charge in [0.25, 0.3) is 16.3 Å². The van der Waals surface area contributed by atoms with Crippen LogP contribution in [0.25, 0.3) is 16.9 Å². The van der Waals surface area contributed by atoms with E-state index in [1.807, 2.05) is 11.6 Å². The second-order valence-corrected chi connectivity index (χ2v) is 13.2. The summed E-state index contributed by atoms with van der Waals surface area (Å²) in [6, 6.07) is 12.3. The third kappa shape index (κ3) is 11.3. The van der Waals surface area contributed by atoms with Crippen molar-refractivity contribution in [3.05, 3.63) is 71.1 Å². The smallest absolute Gasteiger partial charge is 0.511 e. The predicted molar refractivity (Wildman–Crippen MR) is 171 cm³/mol. The van der Waals surface area contributed by atoms with E-state index in [2.05, 4.69) is 15.1 Å². The maximum Gasteiger partial charge on any atom is 0.511 e. The Morgan fingerprint density at radius 3 is 2.27 bits per heavy atom. The van der Waals surface area contributed by atoms with Gasteiger partial charge in [0.15, 0.2) is 5.69 Å². The van der Waals surface area contributed by atoms with Crippen molar-refractivity contribution in [1.29, 1.82) is 0 Å². The highest BCUT2D eigenvalue weighted by molar-refractivity contribution is 7.90. The minimum atomic E-state index is -4.73. The molecule has 0 spiro atoms. The number of carbonyl (C=O) groups excluding carboxylic acids is 3. The predicted octanol–water partition coefficient (Wildman–Crippen LogP) is 5.03. The van der Waals surface area contributed by atoms with E-state index < -0.39 is 64.6 Å². The summed E-state index contributed by atoms with van der Waals surface area (Å²) in [6.45, 7) is 7.44. The van der Waals surface area contributed by atoms with E-state index in [1.54, 1.807) is 31.2 Å². The van der Waals surface area contributed by atoms with Crippen LogP contribution < -0.4 is 4.72 Å². The van der Waals surface area contributed by atoms with E-state index in [-0.39, 0.29) is 34.5 Å². The number of esters is 1. The number of hydrazine groups is 1. The Labute approximate surface area is 291 Å². The molecule has 51 heavy (non-hydrogen) atoms. The molecule has 0 aliphatic heterocycles. The van der Waals surface area contributed by atoms with Gasteiger partial charge in [-0.2, -0.15) is 18.3 Å². The third-order valence-corrected chi connectivity index (χ3v) is 8.44. The quantitative estimate of drug-likeness (QED) is 0.0719. The number of ether oxygens (including phenoxy) is 3. The van der Waals surface area contributed by atoms with Crippen LogP contribution in [0, 0.1) is 12.1 Å². The van der Waals surface area contributed by atoms with Gasteiger partial charge in [-0.3, -0.25) is 14.4 Å². The summed E-state index contributed by atoms with van der Waals surface area (Å²) < 4.78 is 83.6. The van der Waals surface area contributed by atoms with Crippen molar-refractivity contribution >= 4 is 28.1 Å². The van der Waals surface area contributed by atoms with Crippen LogP contribution in [0.5, 0.6) is 0 Å². The van der Waals surface area contributed by atoms with E-state index in [0.717, 1.165) is 33.5 Å². The second-order valence-electron chi connectivity index (χ2n) is 11.5. The number of alkyl halides is 3. The number of benzene rings is 2. The third-order valence-electron chi connectivity index (χ3n) is 7.05. The van der Waals surface area contributed by atoms with Gasteiger partial charge in [0.2, 0.25) is 11.2 Å². The molecule has 1 unspecified atom stereocenters. The molecule has 1 N–H and O–H groups in total. The Morgan fingerprint density at radius 1 is 1.06 bits per heavy atom. The van der Waals surface area contributed by atoms with Crippen molar-refractivity contribution < 1.29 is 60.0 Å². The summed E-state index contributed by atoms with van der Waals surface area (Å²) in [5.41, 5.74) is -0.706. The highest BCUT2D eigenvalue weighted by Crippen LogP contribution is 2.33. The van der Waals surface area contributed by atoms with Crippen LogP contribution in [0.4, 0.5) is 18.0 Å². The summed E-state index contributed by atoms with van der Waals surface area (Å²) in [7, 11) is -3.12. The number of rotatable bonds is 15. The first-order valence-electron chi connectivity index (χ1n) is 15.2. The van der Waals surface area contributed by atoms with Gasteiger partial charge in [0.1, 0.15) is 12.1 Å². The Hall–Kier alpha value is -5.40. The molecule has 0 bridgehead atoms. The number of aryl methyl sites for hydroxylation is 1. The lowest BCUT2D eigenvalue weighted by atomic mass is 10.1. The number of halogens is 3. The Bertz CT molecular complexity index is 1830. The Morgan fingerprint density at radius 2 is 1.69 bits per heavy atom. The van der Waals surface area contributed by atoms with Gasteiger partial charge in [-0.1, -0.05) is 29.8 Å². The van der Waals surface area contributed by atoms with Crippen molar-refractivity contribution in [3.63, 3.8) is 0 Å². The molecule has 0 fully saturated rings. The van der Waals surface area contributed by atoms with Gasteiger partial charge in [-0.15, -0.1) is 5.01 Å². The first-order chi connectivity index (χ1) is 23.7. The van der Waals surface area contributed by atoms with Crippen LogP contribution in [-0.4, -0.2) is 78.3 Å². The van der Waals surface area contributed by atoms with E-state index in [9.17, 15) is 41.2 Å². The number of hydrogen-bond acceptors (Lipinski definition) is 12. The molecule has 1 amide bonds. The Balaban J connectivity index is 1.57. The van der Waals surface area contributed by atoms with Crippen LogP contribution in [0.15, 0.2) is 64.8 Å². The van der Waals surface area contributed by atoms with Crippen LogP contribution in [-0.2, 0) is 44.8 Å². The normalized spacial score (nSPS) is 12.8. The zero-order chi connectivity index (χ0) is 38.1. The maximum absolute atomic E-state index is 13.5. The number of nitrogens with one attached hydrogen (secondary N) is 1. The highest BCUT2D eigenvalue weighted by atomic mass is 32.2. The van der Waals surface area contributed by atoms with Gasteiger partial charge in [-0.05, 0) is 58.0 Å². The van der Waals surface area contributed by atoms with Gasteiger partial charge in [0.05, 0.1) is 41.3 Å². The SMILES string of the molecule is CCOC(=O)OC(C)ON=[N+]([O-])N(C)C(C)(C)COC(=O)CCC(=O)NS(=O)(=O)c1ccc(-n2nc(C(F)(F)F)cc2-c2ccc(C)cc2)cc1. The molecule has 2 aromatic carbocycles. The van der Waals surface area contributed by atoms with Crippen LogP contribution >= 0.6 is 0 Å². The zero-order valence-corrected chi connectivity index (χ0v) is 29.3. The Kier molecular flexibility index (Phi) is 13.0. The molecule has 20 heteroatoms. The number of aromatic nitrogens is 2. The summed E-state index contributed by atoms with van der Waals surface area (Å²) >= 11 is 0. The van der Waals surface area contributed by atoms with E-state index in [0.29, 0.717) is 5.56 Å². The first-order valence-corrected chi connectivity index (χ1v) is 16.7. The van der Waals surface area contributed by atoms with E-state index in [1.165, 1.54) is 40.0 Å². The number of carbonyl (C=O) groups is 3. The van der Waals surface area contributed by atoms with Gasteiger partial charge < -0.3 is 19.4 Å². The topological polar surface area (TPSA) is 194 Å². The largest absolute Gasteiger partial charge is 0.569 e. The summed E-state index contributed by atoms with van der Waals surface area (Å²) in [6.07, 6.45) is -8.09. The average molecular weight is 743 g/mol. The van der Waals surface area contributed by atoms with E-state index in [4.69, 9.17) is 14.3 Å².